The normalized spacial score (nSPS) is 24.6. The van der Waals surface area contributed by atoms with E-state index in [1.54, 1.807) is 0 Å². The third-order valence-corrected chi connectivity index (χ3v) is 3.05. The van der Waals surface area contributed by atoms with Gasteiger partial charge in [0.2, 0.25) is 0 Å². The van der Waals surface area contributed by atoms with Crippen LogP contribution in [0.3, 0.4) is 0 Å². The summed E-state index contributed by atoms with van der Waals surface area (Å²) in [6.07, 6.45) is 7.26. The van der Waals surface area contributed by atoms with Crippen molar-refractivity contribution in [2.24, 2.45) is 0 Å². The van der Waals surface area contributed by atoms with E-state index in [1.807, 2.05) is 0 Å². The van der Waals surface area contributed by atoms with E-state index in [0.717, 1.165) is 6.42 Å². The minimum absolute atomic E-state index is 0.0694. The van der Waals surface area contributed by atoms with E-state index in [1.165, 1.54) is 32.1 Å². The zero-order valence-electron chi connectivity index (χ0n) is 6.21. The molecule has 0 aromatic rings. The van der Waals surface area contributed by atoms with Gasteiger partial charge in [-0.2, -0.15) is 0 Å². The van der Waals surface area contributed by atoms with E-state index in [0.29, 0.717) is 5.88 Å². The third-order valence-electron chi connectivity index (χ3n) is 2.29. The van der Waals surface area contributed by atoms with Crippen LogP contribution < -0.4 is 0 Å². The molecule has 0 aromatic carbocycles. The van der Waals surface area contributed by atoms with Crippen molar-refractivity contribution in [3.63, 3.8) is 0 Å². The van der Waals surface area contributed by atoms with Gasteiger partial charge in [0.05, 0.1) is 0 Å². The number of alkyl halides is 2. The molecule has 0 aromatic heterocycles. The second kappa shape index (κ2) is 3.82. The van der Waals surface area contributed by atoms with Gasteiger partial charge >= 0.3 is 0 Å². The highest BCUT2D eigenvalue weighted by atomic mass is 35.5. The lowest BCUT2D eigenvalue weighted by Gasteiger charge is -2.30. The molecule has 1 rings (SSSR count). The maximum Gasteiger partial charge on any atom is 0.0458 e. The third kappa shape index (κ3) is 2.32. The quantitative estimate of drug-likeness (QED) is 0.571. The van der Waals surface area contributed by atoms with E-state index in [-0.39, 0.29) is 4.87 Å². The molecule has 60 valence electrons. The summed E-state index contributed by atoms with van der Waals surface area (Å²) in [5.74, 6) is 0.712. The van der Waals surface area contributed by atoms with Gasteiger partial charge in [-0.05, 0) is 19.3 Å². The molecule has 1 aliphatic carbocycles. The van der Waals surface area contributed by atoms with Crippen molar-refractivity contribution >= 4 is 23.2 Å². The first-order chi connectivity index (χ1) is 4.77. The molecule has 0 aliphatic heterocycles. The van der Waals surface area contributed by atoms with Crippen LogP contribution in [0.25, 0.3) is 0 Å². The summed E-state index contributed by atoms with van der Waals surface area (Å²) in [5, 5.41) is 0. The van der Waals surface area contributed by atoms with Gasteiger partial charge in [-0.1, -0.05) is 19.3 Å². The summed E-state index contributed by atoms with van der Waals surface area (Å²) in [6.45, 7) is 0. The van der Waals surface area contributed by atoms with Gasteiger partial charge < -0.3 is 0 Å². The second-order valence-electron chi connectivity index (χ2n) is 3.15. The Morgan fingerprint density at radius 3 is 2.20 bits per heavy atom. The van der Waals surface area contributed by atoms with Gasteiger partial charge in [-0.25, -0.2) is 0 Å². The van der Waals surface area contributed by atoms with Gasteiger partial charge in [-0.15, -0.1) is 23.2 Å². The highest BCUT2D eigenvalue weighted by Crippen LogP contribution is 2.36. The van der Waals surface area contributed by atoms with E-state index < -0.39 is 0 Å². The van der Waals surface area contributed by atoms with E-state index in [2.05, 4.69) is 0 Å². The molecule has 0 unspecified atom stereocenters. The highest BCUT2D eigenvalue weighted by molar-refractivity contribution is 6.25. The number of halogens is 2. The van der Waals surface area contributed by atoms with Crippen molar-refractivity contribution in [2.75, 3.05) is 5.88 Å². The maximum absolute atomic E-state index is 6.29. The molecule has 0 heterocycles. The van der Waals surface area contributed by atoms with Gasteiger partial charge in [0, 0.05) is 10.8 Å². The van der Waals surface area contributed by atoms with Gasteiger partial charge in [0.25, 0.3) is 0 Å². The van der Waals surface area contributed by atoms with Crippen LogP contribution in [-0.4, -0.2) is 10.8 Å². The van der Waals surface area contributed by atoms with Gasteiger partial charge in [0.1, 0.15) is 0 Å². The lowest BCUT2D eigenvalue weighted by molar-refractivity contribution is 0.382. The molecule has 2 heteroatoms. The van der Waals surface area contributed by atoms with Crippen molar-refractivity contribution in [1.29, 1.82) is 0 Å². The monoisotopic (exact) mass is 180 g/mol. The Kier molecular flexibility index (Phi) is 3.32. The summed E-state index contributed by atoms with van der Waals surface area (Å²) in [5.41, 5.74) is 0. The fourth-order valence-corrected chi connectivity index (χ4v) is 2.42. The summed E-state index contributed by atoms with van der Waals surface area (Å²) in [4.78, 5) is 0.0694. The Hall–Kier alpha value is 0.580. The summed E-state index contributed by atoms with van der Waals surface area (Å²) in [6, 6.07) is 0. The van der Waals surface area contributed by atoms with Crippen LogP contribution in [-0.2, 0) is 0 Å². The number of rotatable bonds is 2. The fourth-order valence-electron chi connectivity index (χ4n) is 1.60. The van der Waals surface area contributed by atoms with E-state index >= 15 is 0 Å². The molecule has 1 fully saturated rings. The highest BCUT2D eigenvalue weighted by Gasteiger charge is 2.28. The predicted molar refractivity (Wildman–Crippen MR) is 47.0 cm³/mol. The van der Waals surface area contributed by atoms with Crippen LogP contribution in [0, 0.1) is 0 Å². The molecular weight excluding hydrogens is 167 g/mol. The van der Waals surface area contributed by atoms with Crippen LogP contribution in [0.15, 0.2) is 0 Å². The predicted octanol–water partition coefficient (Wildman–Crippen LogP) is 3.56. The van der Waals surface area contributed by atoms with Crippen molar-refractivity contribution in [1.82, 2.24) is 0 Å². The van der Waals surface area contributed by atoms with E-state index in [9.17, 15) is 0 Å². The average molecular weight is 181 g/mol. The van der Waals surface area contributed by atoms with E-state index in [4.69, 9.17) is 23.2 Å². The molecule has 0 N–H and O–H groups in total. The fraction of sp³-hybridized carbons (Fsp3) is 1.00. The van der Waals surface area contributed by atoms with Gasteiger partial charge in [0.15, 0.2) is 0 Å². The molecule has 0 atom stereocenters. The van der Waals surface area contributed by atoms with Crippen molar-refractivity contribution in [3.8, 4) is 0 Å². The van der Waals surface area contributed by atoms with Crippen LogP contribution in [0.4, 0.5) is 0 Å². The zero-order chi connectivity index (χ0) is 7.45. The Balaban J connectivity index is 2.32. The zero-order valence-corrected chi connectivity index (χ0v) is 7.72. The molecule has 1 saturated carbocycles. The Labute approximate surface area is 72.9 Å². The molecule has 0 bridgehead atoms. The van der Waals surface area contributed by atoms with Crippen LogP contribution in [0.5, 0.6) is 0 Å². The first-order valence-electron chi connectivity index (χ1n) is 4.02. The van der Waals surface area contributed by atoms with Crippen molar-refractivity contribution in [3.05, 3.63) is 0 Å². The summed E-state index contributed by atoms with van der Waals surface area (Å²) < 4.78 is 0. The molecule has 1 aliphatic rings. The Morgan fingerprint density at radius 2 is 1.70 bits per heavy atom. The molecule has 0 amide bonds. The number of hydrogen-bond acceptors (Lipinski definition) is 0. The van der Waals surface area contributed by atoms with Crippen LogP contribution in [0.2, 0.25) is 0 Å². The standard InChI is InChI=1S/C8H14Cl2/c9-7-6-8(10)4-2-1-3-5-8/h1-7H2. The molecule has 10 heavy (non-hydrogen) atoms. The molecule has 0 spiro atoms. The first-order valence-corrected chi connectivity index (χ1v) is 4.93. The second-order valence-corrected chi connectivity index (χ2v) is 4.33. The number of hydrogen-bond donors (Lipinski definition) is 0. The molecule has 0 saturated heterocycles. The molecule has 0 nitrogen and oxygen atoms in total. The van der Waals surface area contributed by atoms with Crippen LogP contribution in [0.1, 0.15) is 38.5 Å². The average Bonchev–Trinajstić information content (AvgIpc) is 1.89. The minimum Gasteiger partial charge on any atom is -0.127 e. The lowest BCUT2D eigenvalue weighted by atomic mass is 9.87. The SMILES string of the molecule is ClCCC1(Cl)CCCCC1. The largest absolute Gasteiger partial charge is 0.127 e. The first kappa shape index (κ1) is 8.67. The maximum atomic E-state index is 6.29. The molecule has 0 radical (unpaired) electrons. The molecular formula is C8H14Cl2. The van der Waals surface area contributed by atoms with Crippen molar-refractivity contribution in [2.45, 2.75) is 43.4 Å². The van der Waals surface area contributed by atoms with Gasteiger partial charge in [-0.3, -0.25) is 0 Å². The Morgan fingerprint density at radius 1 is 1.10 bits per heavy atom. The minimum atomic E-state index is 0.0694. The topological polar surface area (TPSA) is 0 Å². The lowest BCUT2D eigenvalue weighted by Crippen LogP contribution is -2.24. The summed E-state index contributed by atoms with van der Waals surface area (Å²) >= 11 is 11.9. The van der Waals surface area contributed by atoms with Crippen LogP contribution >= 0.6 is 23.2 Å². The van der Waals surface area contributed by atoms with Crippen molar-refractivity contribution < 1.29 is 0 Å². The summed E-state index contributed by atoms with van der Waals surface area (Å²) in [7, 11) is 0. The smallest absolute Gasteiger partial charge is 0.0458 e. The Bertz CT molecular complexity index is 89.9.